The van der Waals surface area contributed by atoms with Gasteiger partial charge < -0.3 is 15.3 Å². The van der Waals surface area contributed by atoms with E-state index in [2.05, 4.69) is 5.32 Å². The number of hydrogen-bond donors (Lipinski definition) is 2. The van der Waals surface area contributed by atoms with Gasteiger partial charge in [0.2, 0.25) is 5.91 Å². The van der Waals surface area contributed by atoms with Crippen LogP contribution in [0.1, 0.15) is 27.2 Å². The predicted octanol–water partition coefficient (Wildman–Crippen LogP) is 0.308. The van der Waals surface area contributed by atoms with Gasteiger partial charge in [0.1, 0.15) is 0 Å². The van der Waals surface area contributed by atoms with E-state index in [1.165, 1.54) is 0 Å². The molecule has 88 valence electrons. The summed E-state index contributed by atoms with van der Waals surface area (Å²) in [4.78, 5) is 23.7. The zero-order valence-electron chi connectivity index (χ0n) is 9.83. The lowest BCUT2D eigenvalue weighted by Crippen LogP contribution is -2.49. The van der Waals surface area contributed by atoms with Crippen LogP contribution in [0.4, 0.5) is 0 Å². The third-order valence-corrected chi connectivity index (χ3v) is 1.99. The molecule has 0 aliphatic heterocycles. The van der Waals surface area contributed by atoms with Gasteiger partial charge in [-0.2, -0.15) is 0 Å². The molecule has 0 bridgehead atoms. The van der Waals surface area contributed by atoms with Gasteiger partial charge in [-0.1, -0.05) is 0 Å². The summed E-state index contributed by atoms with van der Waals surface area (Å²) in [7, 11) is 1.69. The Morgan fingerprint density at radius 1 is 1.33 bits per heavy atom. The predicted molar refractivity (Wildman–Crippen MR) is 57.6 cm³/mol. The summed E-state index contributed by atoms with van der Waals surface area (Å²) in [6.07, 6.45) is -0.0211. The third kappa shape index (κ3) is 5.37. The monoisotopic (exact) mass is 216 g/mol. The molecular formula is C10H20N2O3. The second-order valence-electron chi connectivity index (χ2n) is 4.39. The molecule has 0 atom stereocenters. The largest absolute Gasteiger partial charge is 0.481 e. The van der Waals surface area contributed by atoms with Crippen LogP contribution in [0, 0.1) is 0 Å². The maximum Gasteiger partial charge on any atom is 0.305 e. The van der Waals surface area contributed by atoms with Crippen molar-refractivity contribution in [1.82, 2.24) is 10.2 Å². The van der Waals surface area contributed by atoms with Gasteiger partial charge in [-0.25, -0.2) is 0 Å². The van der Waals surface area contributed by atoms with Gasteiger partial charge in [0.25, 0.3) is 0 Å². The topological polar surface area (TPSA) is 69.6 Å². The minimum atomic E-state index is -0.887. The van der Waals surface area contributed by atoms with Crippen LogP contribution in [0.5, 0.6) is 0 Å². The fourth-order valence-electron chi connectivity index (χ4n) is 1.29. The summed E-state index contributed by atoms with van der Waals surface area (Å²) in [5.74, 6) is -0.965. The Morgan fingerprint density at radius 2 is 1.87 bits per heavy atom. The summed E-state index contributed by atoms with van der Waals surface area (Å²) in [5.41, 5.74) is -0.344. The molecule has 1 amide bonds. The van der Waals surface area contributed by atoms with Crippen molar-refractivity contribution in [3.63, 3.8) is 0 Å². The molecule has 0 unspecified atom stereocenters. The van der Waals surface area contributed by atoms with Crippen LogP contribution in [-0.4, -0.2) is 47.6 Å². The summed E-state index contributed by atoms with van der Waals surface area (Å²) >= 11 is 0. The summed E-state index contributed by atoms with van der Waals surface area (Å²) in [5, 5.41) is 11.4. The lowest BCUT2D eigenvalue weighted by molar-refractivity contribution is -0.140. The maximum absolute atomic E-state index is 11.7. The number of carbonyl (C=O) groups excluding carboxylic acids is 1. The van der Waals surface area contributed by atoms with E-state index in [9.17, 15) is 9.59 Å². The van der Waals surface area contributed by atoms with E-state index in [1.54, 1.807) is 11.9 Å². The number of likely N-dealkylation sites (N-methyl/N-ethyl adjacent to an activating group) is 1. The lowest BCUT2D eigenvalue weighted by atomic mass is 10.1. The molecule has 0 saturated heterocycles. The molecule has 0 aromatic carbocycles. The van der Waals surface area contributed by atoms with E-state index >= 15 is 0 Å². The molecule has 0 spiro atoms. The van der Waals surface area contributed by atoms with E-state index < -0.39 is 5.97 Å². The van der Waals surface area contributed by atoms with Gasteiger partial charge >= 0.3 is 5.97 Å². The van der Waals surface area contributed by atoms with E-state index in [1.807, 2.05) is 20.8 Å². The maximum atomic E-state index is 11.7. The Labute approximate surface area is 90.5 Å². The molecule has 0 aliphatic carbocycles. The van der Waals surface area contributed by atoms with Gasteiger partial charge in [0.15, 0.2) is 0 Å². The molecule has 5 nitrogen and oxygen atoms in total. The first-order chi connectivity index (χ1) is 6.79. The van der Waals surface area contributed by atoms with Crippen LogP contribution in [0.15, 0.2) is 0 Å². The first kappa shape index (κ1) is 13.9. The Bertz CT molecular complexity index is 233. The quantitative estimate of drug-likeness (QED) is 0.694. The molecule has 0 fully saturated rings. The highest BCUT2D eigenvalue weighted by atomic mass is 16.4. The molecule has 5 heteroatoms. The van der Waals surface area contributed by atoms with Crippen molar-refractivity contribution < 1.29 is 14.7 Å². The molecule has 0 rings (SSSR count). The van der Waals surface area contributed by atoms with Crippen LogP contribution in [0.2, 0.25) is 0 Å². The molecule has 0 aromatic rings. The van der Waals surface area contributed by atoms with Crippen LogP contribution in [0.3, 0.4) is 0 Å². The minimum absolute atomic E-state index is 0.0211. The molecule has 0 aromatic heterocycles. The van der Waals surface area contributed by atoms with E-state index in [-0.39, 0.29) is 31.0 Å². The van der Waals surface area contributed by atoms with Gasteiger partial charge in [-0.05, 0) is 27.8 Å². The van der Waals surface area contributed by atoms with Crippen LogP contribution >= 0.6 is 0 Å². The second-order valence-corrected chi connectivity index (χ2v) is 4.39. The number of carbonyl (C=O) groups is 2. The van der Waals surface area contributed by atoms with Crippen molar-refractivity contribution in [2.75, 3.05) is 20.1 Å². The SMILES string of the molecule is CNCC(=O)N(CCC(=O)O)C(C)(C)C. The number of aliphatic carboxylic acids is 1. The van der Waals surface area contributed by atoms with Crippen molar-refractivity contribution >= 4 is 11.9 Å². The fraction of sp³-hybridized carbons (Fsp3) is 0.800. The first-order valence-electron chi connectivity index (χ1n) is 4.96. The molecule has 0 saturated carbocycles. The number of hydrogen-bond acceptors (Lipinski definition) is 3. The highest BCUT2D eigenvalue weighted by Gasteiger charge is 2.25. The van der Waals surface area contributed by atoms with Crippen LogP contribution in [0.25, 0.3) is 0 Å². The van der Waals surface area contributed by atoms with Gasteiger partial charge in [0, 0.05) is 12.1 Å². The van der Waals surface area contributed by atoms with Gasteiger partial charge in [0.05, 0.1) is 13.0 Å². The van der Waals surface area contributed by atoms with Crippen molar-refractivity contribution in [3.05, 3.63) is 0 Å². The van der Waals surface area contributed by atoms with E-state index in [4.69, 9.17) is 5.11 Å². The average molecular weight is 216 g/mol. The number of carboxylic acid groups (broad SMARTS) is 1. The Balaban J connectivity index is 4.45. The third-order valence-electron chi connectivity index (χ3n) is 1.99. The number of amides is 1. The summed E-state index contributed by atoms with van der Waals surface area (Å²) in [6.45, 7) is 6.16. The lowest BCUT2D eigenvalue weighted by Gasteiger charge is -2.35. The number of nitrogens with one attached hydrogen (secondary N) is 1. The summed E-state index contributed by atoms with van der Waals surface area (Å²) < 4.78 is 0. The van der Waals surface area contributed by atoms with Crippen LogP contribution in [-0.2, 0) is 9.59 Å². The molecule has 0 heterocycles. The molecule has 2 N–H and O–H groups in total. The average Bonchev–Trinajstić information content (AvgIpc) is 2.01. The highest BCUT2D eigenvalue weighted by Crippen LogP contribution is 2.13. The Morgan fingerprint density at radius 3 is 2.20 bits per heavy atom. The van der Waals surface area contributed by atoms with Gasteiger partial charge in [-0.15, -0.1) is 0 Å². The fourth-order valence-corrected chi connectivity index (χ4v) is 1.29. The van der Waals surface area contributed by atoms with Gasteiger partial charge in [-0.3, -0.25) is 9.59 Å². The Hall–Kier alpha value is -1.10. The van der Waals surface area contributed by atoms with E-state index in [0.717, 1.165) is 0 Å². The smallest absolute Gasteiger partial charge is 0.305 e. The minimum Gasteiger partial charge on any atom is -0.481 e. The Kier molecular flexibility index (Phi) is 5.28. The van der Waals surface area contributed by atoms with Crippen molar-refractivity contribution in [2.24, 2.45) is 0 Å². The highest BCUT2D eigenvalue weighted by molar-refractivity contribution is 5.79. The number of nitrogens with zero attached hydrogens (tertiary/aromatic N) is 1. The molecule has 0 aliphatic rings. The first-order valence-corrected chi connectivity index (χ1v) is 4.96. The standard InChI is InChI=1S/C10H20N2O3/c1-10(2,3)12(6-5-9(14)15)8(13)7-11-4/h11H,5-7H2,1-4H3,(H,14,15). The second kappa shape index (κ2) is 5.70. The number of carboxylic acids is 1. The van der Waals surface area contributed by atoms with Crippen molar-refractivity contribution in [3.8, 4) is 0 Å². The van der Waals surface area contributed by atoms with E-state index in [0.29, 0.717) is 0 Å². The van der Waals surface area contributed by atoms with Crippen molar-refractivity contribution in [1.29, 1.82) is 0 Å². The zero-order chi connectivity index (χ0) is 12.1. The normalized spacial score (nSPS) is 11.2. The number of rotatable bonds is 5. The summed E-state index contributed by atoms with van der Waals surface area (Å²) in [6, 6.07) is 0. The molecule has 0 radical (unpaired) electrons. The zero-order valence-corrected chi connectivity index (χ0v) is 9.83. The van der Waals surface area contributed by atoms with Crippen LogP contribution < -0.4 is 5.32 Å². The molecular weight excluding hydrogens is 196 g/mol. The molecule has 15 heavy (non-hydrogen) atoms. The van der Waals surface area contributed by atoms with Crippen molar-refractivity contribution in [2.45, 2.75) is 32.7 Å².